The standard InChI is InChI=1S/C37H42FN9O4/c1-24(2)50-34-9-5-27(20-39-34)36-31-19-29(6-8-33(31)41-42-36)51-44(3)28-12-13-45(21-28)22-35(49)46-14-10-25(11-15-46)26-4-7-30(32(38)18-26)37-40-23-47(43-37)16-17-48/h4-10,18-20,23-24,28,48H,11-17,21-22H2,1-3H3,(H,41,42)/t28-/m0/s1. The molecule has 0 aliphatic carbocycles. The molecule has 1 atom stereocenters. The fourth-order valence-corrected chi connectivity index (χ4v) is 6.57. The Morgan fingerprint density at radius 3 is 2.73 bits per heavy atom. The summed E-state index contributed by atoms with van der Waals surface area (Å²) in [5.74, 6) is 1.22. The molecule has 3 aromatic heterocycles. The predicted octanol–water partition coefficient (Wildman–Crippen LogP) is 4.42. The highest BCUT2D eigenvalue weighted by Crippen LogP contribution is 2.31. The molecule has 13 nitrogen and oxygen atoms in total. The van der Waals surface area contributed by atoms with E-state index in [9.17, 15) is 4.79 Å². The quantitative estimate of drug-likeness (QED) is 0.181. The van der Waals surface area contributed by atoms with E-state index in [0.717, 1.165) is 46.3 Å². The second kappa shape index (κ2) is 15.0. The van der Waals surface area contributed by atoms with Crippen LogP contribution >= 0.6 is 0 Å². The zero-order valence-corrected chi connectivity index (χ0v) is 29.0. The lowest BCUT2D eigenvalue weighted by Gasteiger charge is -2.29. The Morgan fingerprint density at radius 2 is 1.98 bits per heavy atom. The number of nitrogens with zero attached hydrogens (tertiary/aromatic N) is 8. The summed E-state index contributed by atoms with van der Waals surface area (Å²) >= 11 is 0. The number of aromatic amines is 1. The smallest absolute Gasteiger partial charge is 0.237 e. The molecule has 0 bridgehead atoms. The van der Waals surface area contributed by atoms with Gasteiger partial charge < -0.3 is 19.6 Å². The van der Waals surface area contributed by atoms with Crippen LogP contribution < -0.4 is 9.57 Å². The average molecular weight is 696 g/mol. The number of benzene rings is 2. The Balaban J connectivity index is 0.913. The number of likely N-dealkylation sites (tertiary alicyclic amines) is 1. The second-order valence-electron chi connectivity index (χ2n) is 13.2. The topological polar surface area (TPSA) is 138 Å². The molecule has 266 valence electrons. The lowest BCUT2D eigenvalue weighted by molar-refractivity contribution is -0.132. The number of rotatable bonds is 12. The summed E-state index contributed by atoms with van der Waals surface area (Å²) < 4.78 is 22.2. The van der Waals surface area contributed by atoms with Crippen LogP contribution in [-0.4, -0.2) is 114 Å². The van der Waals surface area contributed by atoms with Crippen molar-refractivity contribution in [3.63, 3.8) is 0 Å². The van der Waals surface area contributed by atoms with Crippen molar-refractivity contribution in [2.75, 3.05) is 46.4 Å². The van der Waals surface area contributed by atoms with E-state index in [1.165, 1.54) is 17.1 Å². The SMILES string of the molecule is CC(C)Oc1ccc(-c2n[nH]c3ccc(ON(C)[C@H]4CCN(CC(=O)N5CC=C(c6ccc(-c7ncn(CCO)n7)c(F)c6)CC5)C4)cc23)cn1. The lowest BCUT2D eigenvalue weighted by atomic mass is 9.98. The molecule has 0 spiro atoms. The van der Waals surface area contributed by atoms with Crippen molar-refractivity contribution < 1.29 is 23.9 Å². The van der Waals surface area contributed by atoms with Crippen LogP contribution in [0.1, 0.15) is 32.3 Å². The average Bonchev–Trinajstić information content (AvgIpc) is 3.89. The lowest BCUT2D eigenvalue weighted by Crippen LogP contribution is -2.43. The number of hydroxylamine groups is 2. The molecule has 0 saturated carbocycles. The van der Waals surface area contributed by atoms with Crippen LogP contribution in [0.5, 0.6) is 11.6 Å². The Hall–Kier alpha value is -5.18. The normalized spacial score (nSPS) is 16.7. The number of aliphatic hydroxyl groups excluding tert-OH is 1. The number of amides is 1. The van der Waals surface area contributed by atoms with Gasteiger partial charge in [0.2, 0.25) is 11.8 Å². The highest BCUT2D eigenvalue weighted by Gasteiger charge is 2.30. The Kier molecular flexibility index (Phi) is 10.1. The molecule has 0 unspecified atom stereocenters. The number of ether oxygens (including phenoxy) is 1. The predicted molar refractivity (Wildman–Crippen MR) is 190 cm³/mol. The molecule has 51 heavy (non-hydrogen) atoms. The van der Waals surface area contributed by atoms with Crippen molar-refractivity contribution in [3.8, 4) is 34.3 Å². The molecule has 2 aliphatic rings. The number of aliphatic hydroxyl groups is 1. The summed E-state index contributed by atoms with van der Waals surface area (Å²) in [4.78, 5) is 32.2. The van der Waals surface area contributed by atoms with Gasteiger partial charge in [-0.05, 0) is 74.2 Å². The van der Waals surface area contributed by atoms with Crippen LogP contribution in [0, 0.1) is 5.82 Å². The van der Waals surface area contributed by atoms with E-state index in [1.807, 2.05) is 73.3 Å². The van der Waals surface area contributed by atoms with Gasteiger partial charge in [-0.1, -0.05) is 12.1 Å². The molecule has 7 rings (SSSR count). The molecule has 5 heterocycles. The van der Waals surface area contributed by atoms with Crippen molar-refractivity contribution in [2.45, 2.75) is 45.4 Å². The van der Waals surface area contributed by atoms with Crippen LogP contribution in [0.2, 0.25) is 0 Å². The summed E-state index contributed by atoms with van der Waals surface area (Å²) in [6, 6.07) is 14.8. The van der Waals surface area contributed by atoms with E-state index in [1.54, 1.807) is 12.3 Å². The number of hydrogen-bond acceptors (Lipinski definition) is 10. The van der Waals surface area contributed by atoms with Gasteiger partial charge >= 0.3 is 0 Å². The van der Waals surface area contributed by atoms with Gasteiger partial charge in [0, 0.05) is 56.4 Å². The van der Waals surface area contributed by atoms with Gasteiger partial charge in [0.1, 0.15) is 23.6 Å². The van der Waals surface area contributed by atoms with Crippen molar-refractivity contribution >= 4 is 22.4 Å². The van der Waals surface area contributed by atoms with E-state index in [4.69, 9.17) is 14.7 Å². The molecule has 0 radical (unpaired) electrons. The van der Waals surface area contributed by atoms with Crippen molar-refractivity contribution in [3.05, 3.63) is 78.5 Å². The third kappa shape index (κ3) is 7.77. The minimum atomic E-state index is -0.408. The number of halogens is 1. The third-order valence-corrected chi connectivity index (χ3v) is 9.28. The minimum absolute atomic E-state index is 0.0474. The molecule has 2 N–H and O–H groups in total. The van der Waals surface area contributed by atoms with Gasteiger partial charge in [-0.15, -0.1) is 5.06 Å². The number of carbonyl (C=O) groups excluding carboxylic acids is 1. The zero-order valence-electron chi connectivity index (χ0n) is 29.0. The van der Waals surface area contributed by atoms with Crippen LogP contribution in [0.4, 0.5) is 4.39 Å². The molecule has 5 aromatic rings. The van der Waals surface area contributed by atoms with Gasteiger partial charge in [0.05, 0.1) is 42.9 Å². The van der Waals surface area contributed by atoms with E-state index >= 15 is 4.39 Å². The fraction of sp³-hybridized carbons (Fsp3) is 0.378. The molecular weight excluding hydrogens is 653 g/mol. The number of aromatic nitrogens is 6. The van der Waals surface area contributed by atoms with E-state index < -0.39 is 5.82 Å². The largest absolute Gasteiger partial charge is 0.475 e. The maximum Gasteiger partial charge on any atom is 0.237 e. The highest BCUT2D eigenvalue weighted by atomic mass is 19.1. The molecular formula is C37H42FN9O4. The summed E-state index contributed by atoms with van der Waals surface area (Å²) in [5.41, 5.74) is 4.66. The van der Waals surface area contributed by atoms with Crippen molar-refractivity contribution in [1.29, 1.82) is 0 Å². The van der Waals surface area contributed by atoms with Gasteiger partial charge in [0.25, 0.3) is 0 Å². The molecule has 1 amide bonds. The van der Waals surface area contributed by atoms with Gasteiger partial charge in [-0.3, -0.25) is 19.5 Å². The molecule has 14 heteroatoms. The maximum absolute atomic E-state index is 15.0. The van der Waals surface area contributed by atoms with Crippen molar-refractivity contribution in [1.82, 2.24) is 44.8 Å². The van der Waals surface area contributed by atoms with Crippen molar-refractivity contribution in [2.24, 2.45) is 0 Å². The monoisotopic (exact) mass is 695 g/mol. The molecule has 1 saturated heterocycles. The second-order valence-corrected chi connectivity index (χ2v) is 13.2. The highest BCUT2D eigenvalue weighted by molar-refractivity contribution is 5.93. The first-order valence-corrected chi connectivity index (χ1v) is 17.3. The van der Waals surface area contributed by atoms with Gasteiger partial charge in [-0.25, -0.2) is 14.4 Å². The fourth-order valence-electron chi connectivity index (χ4n) is 6.57. The molecule has 2 aromatic carbocycles. The third-order valence-electron chi connectivity index (χ3n) is 9.28. The summed E-state index contributed by atoms with van der Waals surface area (Å²) in [5, 5.41) is 23.8. The minimum Gasteiger partial charge on any atom is -0.475 e. The summed E-state index contributed by atoms with van der Waals surface area (Å²) in [6.07, 6.45) is 6.81. The number of fused-ring (bicyclic) bond motifs is 1. The number of H-pyrrole nitrogens is 1. The van der Waals surface area contributed by atoms with E-state index in [0.29, 0.717) is 56.3 Å². The number of nitrogens with one attached hydrogen (secondary N) is 1. The van der Waals surface area contributed by atoms with Crippen LogP contribution in [0.25, 0.3) is 39.1 Å². The maximum atomic E-state index is 15.0. The first-order valence-electron chi connectivity index (χ1n) is 17.3. The Bertz CT molecular complexity index is 2030. The Labute approximate surface area is 295 Å². The van der Waals surface area contributed by atoms with Crippen LogP contribution in [0.15, 0.2) is 67.1 Å². The Morgan fingerprint density at radius 1 is 1.12 bits per heavy atom. The molecule has 1 fully saturated rings. The van der Waals surface area contributed by atoms with E-state index in [2.05, 4.69) is 30.2 Å². The zero-order chi connectivity index (χ0) is 35.5. The van der Waals surface area contributed by atoms with Crippen LogP contribution in [0.3, 0.4) is 0 Å². The van der Waals surface area contributed by atoms with E-state index in [-0.39, 0.29) is 30.5 Å². The molecule has 2 aliphatic heterocycles. The number of carbonyl (C=O) groups is 1. The number of pyridine rings is 1. The van der Waals surface area contributed by atoms with Gasteiger partial charge in [0.15, 0.2) is 5.82 Å². The first kappa shape index (κ1) is 34.3. The number of hydrogen-bond donors (Lipinski definition) is 2. The van der Waals surface area contributed by atoms with Crippen LogP contribution in [-0.2, 0) is 11.3 Å². The number of likely N-dealkylation sites (N-methyl/N-ethyl adjacent to an activating group) is 1. The summed E-state index contributed by atoms with van der Waals surface area (Å²) in [6.45, 7) is 7.07. The first-order chi connectivity index (χ1) is 24.7. The van der Waals surface area contributed by atoms with Gasteiger partial charge in [-0.2, -0.15) is 10.2 Å². The summed E-state index contributed by atoms with van der Waals surface area (Å²) in [7, 11) is 1.93.